The van der Waals surface area contributed by atoms with E-state index < -0.39 is 10.0 Å². The van der Waals surface area contributed by atoms with Gasteiger partial charge in [-0.2, -0.15) is 0 Å². The van der Waals surface area contributed by atoms with Gasteiger partial charge in [0, 0.05) is 18.9 Å². The maximum absolute atomic E-state index is 11.6. The molecule has 17 heavy (non-hydrogen) atoms. The minimum Gasteiger partial charge on any atom is -0.348 e. The molecule has 1 unspecified atom stereocenters. The van der Waals surface area contributed by atoms with Gasteiger partial charge in [0.2, 0.25) is 15.9 Å². The van der Waals surface area contributed by atoms with Crippen molar-refractivity contribution >= 4 is 15.9 Å². The van der Waals surface area contributed by atoms with Gasteiger partial charge in [-0.3, -0.25) is 4.79 Å². The van der Waals surface area contributed by atoms with Crippen molar-refractivity contribution in [2.45, 2.75) is 12.7 Å². The van der Waals surface area contributed by atoms with Gasteiger partial charge in [0.1, 0.15) is 0 Å². The highest BCUT2D eigenvalue weighted by Gasteiger charge is 2.34. The van der Waals surface area contributed by atoms with Gasteiger partial charge in [0.05, 0.1) is 25.5 Å². The number of rotatable bonds is 4. The van der Waals surface area contributed by atoms with Crippen molar-refractivity contribution in [2.75, 3.05) is 32.1 Å². The first-order chi connectivity index (χ1) is 7.94. The van der Waals surface area contributed by atoms with E-state index in [1.54, 1.807) is 4.90 Å². The third-order valence-corrected chi connectivity index (χ3v) is 3.76. The Morgan fingerprint density at radius 3 is 2.59 bits per heavy atom. The molecule has 2 N–H and O–H groups in total. The molecule has 2 aliphatic heterocycles. The summed E-state index contributed by atoms with van der Waals surface area (Å²) >= 11 is 0. The van der Waals surface area contributed by atoms with E-state index in [1.807, 2.05) is 0 Å². The first-order valence-corrected chi connectivity index (χ1v) is 7.17. The Balaban J connectivity index is 1.86. The normalized spacial score (nSPS) is 27.0. The molecule has 0 aromatic carbocycles. The van der Waals surface area contributed by atoms with Crippen LogP contribution in [-0.4, -0.2) is 57.6 Å². The van der Waals surface area contributed by atoms with Gasteiger partial charge >= 0.3 is 0 Å². The highest BCUT2D eigenvalue weighted by atomic mass is 32.2. The van der Waals surface area contributed by atoms with Crippen molar-refractivity contribution in [3.63, 3.8) is 0 Å². The Bertz CT molecular complexity index is 390. The second-order valence-corrected chi connectivity index (χ2v) is 6.03. The number of sulfonamides is 1. The lowest BCUT2D eigenvalue weighted by molar-refractivity contribution is -0.133. The Morgan fingerprint density at radius 2 is 2.00 bits per heavy atom. The Morgan fingerprint density at radius 1 is 1.35 bits per heavy atom. The summed E-state index contributed by atoms with van der Waals surface area (Å²) in [6.45, 7) is 1.83. The van der Waals surface area contributed by atoms with Crippen LogP contribution in [0.2, 0.25) is 0 Å². The summed E-state index contributed by atoms with van der Waals surface area (Å²) in [6.07, 6.45) is -0.157. The number of likely N-dealkylation sites (tertiary alicyclic amines) is 1. The van der Waals surface area contributed by atoms with Crippen molar-refractivity contribution in [1.29, 1.82) is 0 Å². The number of nitrogens with two attached hydrogens (primary N) is 1. The lowest BCUT2D eigenvalue weighted by Gasteiger charge is -2.19. The van der Waals surface area contributed by atoms with Crippen LogP contribution in [0.25, 0.3) is 0 Å². The van der Waals surface area contributed by atoms with Crippen molar-refractivity contribution in [3.8, 4) is 0 Å². The minimum atomic E-state index is -3.52. The van der Waals surface area contributed by atoms with Crippen LogP contribution < -0.4 is 5.14 Å². The molecule has 8 heteroatoms. The molecule has 0 spiro atoms. The van der Waals surface area contributed by atoms with E-state index in [-0.39, 0.29) is 30.3 Å². The van der Waals surface area contributed by atoms with E-state index >= 15 is 0 Å². The maximum Gasteiger partial charge on any atom is 0.223 e. The van der Waals surface area contributed by atoms with Crippen molar-refractivity contribution < 1.29 is 22.7 Å². The molecule has 2 fully saturated rings. The standard InChI is InChI=1S/C9H16N2O5S/c10-17(13,14)6-7-3-8(12)11(4-7)5-9-15-1-2-16-9/h7,9H,1-6H2,(H2,10,13,14). The molecule has 2 saturated heterocycles. The van der Waals surface area contributed by atoms with Crippen LogP contribution in [0.15, 0.2) is 0 Å². The summed E-state index contributed by atoms with van der Waals surface area (Å²) in [5.41, 5.74) is 0. The molecule has 98 valence electrons. The van der Waals surface area contributed by atoms with Crippen molar-refractivity contribution in [2.24, 2.45) is 11.1 Å². The molecule has 2 rings (SSSR count). The van der Waals surface area contributed by atoms with Crippen LogP contribution in [0.5, 0.6) is 0 Å². The minimum absolute atomic E-state index is 0.0715. The van der Waals surface area contributed by atoms with Crippen molar-refractivity contribution in [3.05, 3.63) is 0 Å². The topological polar surface area (TPSA) is 98.9 Å². The second kappa shape index (κ2) is 4.89. The molecule has 0 aromatic heterocycles. The maximum atomic E-state index is 11.6. The molecule has 1 atom stereocenters. The molecule has 7 nitrogen and oxygen atoms in total. The number of carbonyl (C=O) groups excluding carboxylic acids is 1. The quantitative estimate of drug-likeness (QED) is 0.666. The molecule has 2 aliphatic rings. The molecular weight excluding hydrogens is 248 g/mol. The summed E-state index contributed by atoms with van der Waals surface area (Å²) in [5.74, 6) is -0.446. The van der Waals surface area contributed by atoms with Gasteiger partial charge < -0.3 is 14.4 Å². The summed E-state index contributed by atoms with van der Waals surface area (Å²) in [7, 11) is -3.52. The molecular formula is C9H16N2O5S. The number of nitrogens with zero attached hydrogens (tertiary/aromatic N) is 1. The molecule has 0 saturated carbocycles. The number of hydrogen-bond acceptors (Lipinski definition) is 5. The fourth-order valence-electron chi connectivity index (χ4n) is 2.16. The molecule has 1 amide bonds. The van der Waals surface area contributed by atoms with E-state index in [0.29, 0.717) is 26.3 Å². The summed E-state index contributed by atoms with van der Waals surface area (Å²) in [5, 5.41) is 4.96. The summed E-state index contributed by atoms with van der Waals surface area (Å²) in [6, 6.07) is 0. The lowest BCUT2D eigenvalue weighted by Crippen LogP contribution is -2.34. The van der Waals surface area contributed by atoms with E-state index in [4.69, 9.17) is 14.6 Å². The summed E-state index contributed by atoms with van der Waals surface area (Å²) in [4.78, 5) is 13.2. The molecule has 0 radical (unpaired) electrons. The fourth-order valence-corrected chi connectivity index (χ4v) is 3.04. The zero-order valence-corrected chi connectivity index (χ0v) is 10.2. The lowest BCUT2D eigenvalue weighted by atomic mass is 10.1. The Labute approximate surface area is 99.9 Å². The summed E-state index contributed by atoms with van der Waals surface area (Å²) < 4.78 is 32.4. The molecule has 2 heterocycles. The van der Waals surface area contributed by atoms with Gasteiger partial charge in [-0.25, -0.2) is 13.6 Å². The molecule has 0 bridgehead atoms. The SMILES string of the molecule is NS(=O)(=O)CC1CC(=O)N(CC2OCCO2)C1. The molecule has 0 aromatic rings. The fraction of sp³-hybridized carbons (Fsp3) is 0.889. The largest absolute Gasteiger partial charge is 0.348 e. The van der Waals surface area contributed by atoms with Crippen LogP contribution in [0, 0.1) is 5.92 Å². The number of ether oxygens (including phenoxy) is 2. The number of hydrogen-bond donors (Lipinski definition) is 1. The highest BCUT2D eigenvalue weighted by Crippen LogP contribution is 2.20. The van der Waals surface area contributed by atoms with Gasteiger partial charge in [-0.15, -0.1) is 0 Å². The van der Waals surface area contributed by atoms with Crippen LogP contribution >= 0.6 is 0 Å². The Hall–Kier alpha value is -0.700. The smallest absolute Gasteiger partial charge is 0.223 e. The Kier molecular flexibility index (Phi) is 3.67. The number of primary sulfonamides is 1. The van der Waals surface area contributed by atoms with Crippen LogP contribution in [0.1, 0.15) is 6.42 Å². The van der Waals surface area contributed by atoms with Crippen molar-refractivity contribution in [1.82, 2.24) is 4.90 Å². The first kappa shape index (κ1) is 12.7. The number of amides is 1. The van der Waals surface area contributed by atoms with Crippen LogP contribution in [0.4, 0.5) is 0 Å². The van der Waals surface area contributed by atoms with E-state index in [1.165, 1.54) is 0 Å². The monoisotopic (exact) mass is 264 g/mol. The third kappa shape index (κ3) is 3.63. The third-order valence-electron chi connectivity index (χ3n) is 2.82. The zero-order valence-electron chi connectivity index (χ0n) is 9.37. The van der Waals surface area contributed by atoms with Gasteiger partial charge in [-0.1, -0.05) is 0 Å². The van der Waals surface area contributed by atoms with Crippen LogP contribution in [0.3, 0.4) is 0 Å². The number of carbonyl (C=O) groups is 1. The van der Waals surface area contributed by atoms with Crippen LogP contribution in [-0.2, 0) is 24.3 Å². The average Bonchev–Trinajstić information content (AvgIpc) is 2.75. The predicted octanol–water partition coefficient (Wildman–Crippen LogP) is -1.50. The van der Waals surface area contributed by atoms with E-state index in [0.717, 1.165) is 0 Å². The van der Waals surface area contributed by atoms with Gasteiger partial charge in [0.15, 0.2) is 6.29 Å². The van der Waals surface area contributed by atoms with Gasteiger partial charge in [-0.05, 0) is 0 Å². The van der Waals surface area contributed by atoms with E-state index in [9.17, 15) is 13.2 Å². The highest BCUT2D eigenvalue weighted by molar-refractivity contribution is 7.89. The van der Waals surface area contributed by atoms with Gasteiger partial charge in [0.25, 0.3) is 0 Å². The first-order valence-electron chi connectivity index (χ1n) is 5.45. The predicted molar refractivity (Wildman–Crippen MR) is 58.4 cm³/mol. The van der Waals surface area contributed by atoms with E-state index in [2.05, 4.69) is 0 Å². The average molecular weight is 264 g/mol. The zero-order chi connectivity index (χ0) is 12.5. The molecule has 0 aliphatic carbocycles. The second-order valence-electron chi connectivity index (χ2n) is 4.37.